The van der Waals surface area contributed by atoms with Crippen LogP contribution >= 0.6 is 0 Å². The van der Waals surface area contributed by atoms with E-state index in [1.165, 1.54) is 25.7 Å². The lowest BCUT2D eigenvalue weighted by Crippen LogP contribution is -2.51. The average Bonchev–Trinajstić information content (AvgIpc) is 3.44. The van der Waals surface area contributed by atoms with Gasteiger partial charge in [-0.1, -0.05) is 0 Å². The molecule has 3 aliphatic rings. The molecule has 2 amide bonds. The lowest BCUT2D eigenvalue weighted by atomic mass is 10.1. The number of hydrogen-bond donors (Lipinski definition) is 1. The van der Waals surface area contributed by atoms with E-state index < -0.39 is 0 Å². The van der Waals surface area contributed by atoms with E-state index in [9.17, 15) is 4.79 Å². The maximum Gasteiger partial charge on any atom is 0.317 e. The Morgan fingerprint density at radius 2 is 2.09 bits per heavy atom. The topological polar surface area (TPSA) is 72.3 Å². The zero-order valence-electron chi connectivity index (χ0n) is 12.9. The number of urea groups is 1. The summed E-state index contributed by atoms with van der Waals surface area (Å²) in [5, 5.41) is 11.3. The molecule has 22 heavy (non-hydrogen) atoms. The molecule has 0 bridgehead atoms. The van der Waals surface area contributed by atoms with Crippen LogP contribution in [0.15, 0.2) is 6.33 Å². The summed E-state index contributed by atoms with van der Waals surface area (Å²) in [6, 6.07) is 0.447. The summed E-state index contributed by atoms with van der Waals surface area (Å²) >= 11 is 0. The van der Waals surface area contributed by atoms with Crippen molar-refractivity contribution in [3.05, 3.63) is 12.2 Å². The molecule has 0 spiro atoms. The molecule has 4 rings (SSSR count). The Hall–Kier alpha value is -1.63. The smallest absolute Gasteiger partial charge is 0.317 e. The molecule has 1 aromatic heterocycles. The quantitative estimate of drug-likeness (QED) is 0.904. The molecule has 7 heteroatoms. The zero-order chi connectivity index (χ0) is 15.1. The Morgan fingerprint density at radius 1 is 1.36 bits per heavy atom. The third-order valence-electron chi connectivity index (χ3n) is 4.94. The monoisotopic (exact) mass is 305 g/mol. The molecular weight excluding hydrogens is 282 g/mol. The number of carbonyl (C=O) groups excluding carboxylic acids is 1. The Kier molecular flexibility index (Phi) is 3.52. The van der Waals surface area contributed by atoms with Crippen LogP contribution in [0.3, 0.4) is 0 Å². The molecule has 1 saturated heterocycles. The highest BCUT2D eigenvalue weighted by atomic mass is 16.5. The van der Waals surface area contributed by atoms with Crippen LogP contribution in [0.1, 0.15) is 37.6 Å². The van der Waals surface area contributed by atoms with E-state index in [0.29, 0.717) is 37.6 Å². The van der Waals surface area contributed by atoms with Gasteiger partial charge in [-0.25, -0.2) is 4.79 Å². The second-order valence-electron chi connectivity index (χ2n) is 6.76. The molecule has 0 radical (unpaired) electrons. The average molecular weight is 305 g/mol. The molecule has 2 saturated carbocycles. The summed E-state index contributed by atoms with van der Waals surface area (Å²) in [4.78, 5) is 14.5. The first-order valence-corrected chi connectivity index (χ1v) is 8.23. The number of aryl methyl sites for hydroxylation is 1. The van der Waals surface area contributed by atoms with Crippen molar-refractivity contribution in [3.8, 4) is 0 Å². The van der Waals surface area contributed by atoms with E-state index in [0.717, 1.165) is 5.82 Å². The summed E-state index contributed by atoms with van der Waals surface area (Å²) in [5.41, 5.74) is 0. The normalized spacial score (nSPS) is 25.5. The second-order valence-corrected chi connectivity index (χ2v) is 6.76. The fraction of sp³-hybridized carbons (Fsp3) is 0.800. The van der Waals surface area contributed by atoms with Crippen LogP contribution in [0.2, 0.25) is 0 Å². The van der Waals surface area contributed by atoms with Gasteiger partial charge >= 0.3 is 6.03 Å². The molecule has 0 unspecified atom stereocenters. The molecule has 1 N–H and O–H groups in total. The van der Waals surface area contributed by atoms with Gasteiger partial charge in [0, 0.05) is 19.6 Å². The van der Waals surface area contributed by atoms with Gasteiger partial charge in [-0.2, -0.15) is 0 Å². The highest BCUT2D eigenvalue weighted by Crippen LogP contribution is 2.44. The van der Waals surface area contributed by atoms with Crippen LogP contribution in [0, 0.1) is 11.8 Å². The molecular formula is C15H23N5O2. The summed E-state index contributed by atoms with van der Waals surface area (Å²) in [6.45, 7) is 1.73. The van der Waals surface area contributed by atoms with Crippen molar-refractivity contribution in [3.63, 3.8) is 0 Å². The first kappa shape index (κ1) is 14.0. The lowest BCUT2D eigenvalue weighted by molar-refractivity contribution is -0.0219. The fourth-order valence-electron chi connectivity index (χ4n) is 3.34. The maximum atomic E-state index is 12.6. The van der Waals surface area contributed by atoms with E-state index >= 15 is 0 Å². The second kappa shape index (κ2) is 5.53. The van der Waals surface area contributed by atoms with Crippen LogP contribution in [-0.2, 0) is 11.8 Å². The Balaban J connectivity index is 1.39. The number of ether oxygens (including phenoxy) is 1. The van der Waals surface area contributed by atoms with Gasteiger partial charge in [0.15, 0.2) is 5.82 Å². The number of nitrogens with zero attached hydrogens (tertiary/aromatic N) is 4. The van der Waals surface area contributed by atoms with Gasteiger partial charge in [0.2, 0.25) is 0 Å². The van der Waals surface area contributed by atoms with Gasteiger partial charge in [-0.3, -0.25) is 0 Å². The molecule has 2 aliphatic carbocycles. The minimum absolute atomic E-state index is 0.0549. The summed E-state index contributed by atoms with van der Waals surface area (Å²) in [7, 11) is 1.90. The van der Waals surface area contributed by atoms with Crippen LogP contribution in [0.25, 0.3) is 0 Å². The third kappa shape index (κ3) is 2.82. The van der Waals surface area contributed by atoms with Crippen molar-refractivity contribution in [1.82, 2.24) is 25.0 Å². The molecule has 0 aromatic carbocycles. The number of nitrogens with one attached hydrogen (secondary N) is 1. The molecule has 1 aromatic rings. The van der Waals surface area contributed by atoms with Crippen LogP contribution in [0.4, 0.5) is 4.79 Å². The first-order valence-electron chi connectivity index (χ1n) is 8.23. The third-order valence-corrected chi connectivity index (χ3v) is 4.94. The minimum atomic E-state index is -0.188. The van der Waals surface area contributed by atoms with Gasteiger partial charge in [0.1, 0.15) is 12.4 Å². The van der Waals surface area contributed by atoms with Gasteiger partial charge in [-0.15, -0.1) is 10.2 Å². The van der Waals surface area contributed by atoms with Crippen LogP contribution < -0.4 is 5.32 Å². The lowest BCUT2D eigenvalue weighted by Gasteiger charge is -2.33. The molecule has 1 aliphatic heterocycles. The summed E-state index contributed by atoms with van der Waals surface area (Å²) in [5.74, 6) is 2.21. The molecule has 1 atom stereocenters. The number of carbonyl (C=O) groups is 1. The van der Waals surface area contributed by atoms with Crippen molar-refractivity contribution in [2.75, 3.05) is 19.7 Å². The van der Waals surface area contributed by atoms with Crippen molar-refractivity contribution in [1.29, 1.82) is 0 Å². The molecule has 7 nitrogen and oxygen atoms in total. The van der Waals surface area contributed by atoms with Crippen molar-refractivity contribution in [2.45, 2.75) is 37.8 Å². The Morgan fingerprint density at radius 3 is 2.68 bits per heavy atom. The standard InChI is InChI=1S/C15H23N5O2/c1-19-9-16-18-14(19)12-8-20(6-7-22-12)15(21)17-13(10-2-3-10)11-4-5-11/h9-13H,2-8H2,1H3,(H,17,21)/t12-/m1/s1. The zero-order valence-corrected chi connectivity index (χ0v) is 12.9. The SMILES string of the molecule is Cn1cnnc1[C@H]1CN(C(=O)NC(C2CC2)C2CC2)CCO1. The van der Waals surface area contributed by atoms with Crippen molar-refractivity contribution in [2.24, 2.45) is 18.9 Å². The van der Waals surface area contributed by atoms with E-state index in [4.69, 9.17) is 4.74 Å². The number of aromatic nitrogens is 3. The maximum absolute atomic E-state index is 12.6. The van der Waals surface area contributed by atoms with Gasteiger partial charge in [-0.05, 0) is 37.5 Å². The minimum Gasteiger partial charge on any atom is -0.366 e. The number of amides is 2. The molecule has 2 heterocycles. The number of rotatable bonds is 4. The molecule has 3 fully saturated rings. The largest absolute Gasteiger partial charge is 0.366 e. The van der Waals surface area contributed by atoms with E-state index in [1.54, 1.807) is 6.33 Å². The highest BCUT2D eigenvalue weighted by molar-refractivity contribution is 5.74. The van der Waals surface area contributed by atoms with Gasteiger partial charge in [0.25, 0.3) is 0 Å². The number of morpholine rings is 1. The summed E-state index contributed by atoms with van der Waals surface area (Å²) < 4.78 is 7.61. The number of hydrogen-bond acceptors (Lipinski definition) is 4. The highest BCUT2D eigenvalue weighted by Gasteiger charge is 2.43. The predicted molar refractivity (Wildman–Crippen MR) is 79.0 cm³/mol. The Labute approximate surface area is 130 Å². The van der Waals surface area contributed by atoms with Gasteiger partial charge < -0.3 is 19.5 Å². The summed E-state index contributed by atoms with van der Waals surface area (Å²) in [6.07, 6.45) is 6.55. The fourth-order valence-corrected chi connectivity index (χ4v) is 3.34. The van der Waals surface area contributed by atoms with E-state index in [1.807, 2.05) is 16.5 Å². The predicted octanol–water partition coefficient (Wildman–Crippen LogP) is 1.09. The molecule has 120 valence electrons. The van der Waals surface area contributed by atoms with Crippen LogP contribution in [-0.4, -0.2) is 51.4 Å². The Bertz CT molecular complexity index is 540. The van der Waals surface area contributed by atoms with Crippen molar-refractivity contribution >= 4 is 6.03 Å². The van der Waals surface area contributed by atoms with Crippen molar-refractivity contribution < 1.29 is 9.53 Å². The van der Waals surface area contributed by atoms with E-state index in [-0.39, 0.29) is 12.1 Å². The van der Waals surface area contributed by atoms with Gasteiger partial charge in [0.05, 0.1) is 13.2 Å². The van der Waals surface area contributed by atoms with E-state index in [2.05, 4.69) is 15.5 Å². The first-order chi connectivity index (χ1) is 10.7. The van der Waals surface area contributed by atoms with Crippen LogP contribution in [0.5, 0.6) is 0 Å².